The first-order valence-corrected chi connectivity index (χ1v) is 13.1. The van der Waals surface area contributed by atoms with E-state index in [2.05, 4.69) is 77.9 Å². The third kappa shape index (κ3) is 5.28. The van der Waals surface area contributed by atoms with Gasteiger partial charge >= 0.3 is 0 Å². The summed E-state index contributed by atoms with van der Waals surface area (Å²) in [5.74, 6) is 0.243. The summed E-state index contributed by atoms with van der Waals surface area (Å²) in [5, 5.41) is 11.3. The Morgan fingerprint density at radius 3 is 2.05 bits per heavy atom. The predicted octanol–water partition coefficient (Wildman–Crippen LogP) is 8.79. The molecule has 0 spiro atoms. The minimum absolute atomic E-state index is 0. The van der Waals surface area contributed by atoms with Crippen molar-refractivity contribution in [1.82, 2.24) is 9.97 Å². The number of benzene rings is 3. The number of phenols is 1. The van der Waals surface area contributed by atoms with Gasteiger partial charge in [-0.1, -0.05) is 89.1 Å². The summed E-state index contributed by atoms with van der Waals surface area (Å²) in [6.07, 6.45) is 1.84. The van der Waals surface area contributed by atoms with E-state index in [1.165, 1.54) is 11.1 Å². The van der Waals surface area contributed by atoms with Crippen molar-refractivity contribution >= 4 is 21.6 Å². The number of hydrogen-bond acceptors (Lipinski definition) is 4. The summed E-state index contributed by atoms with van der Waals surface area (Å²) in [6.45, 7) is 13.5. The van der Waals surface area contributed by atoms with E-state index in [-0.39, 0.29) is 37.6 Å². The molecule has 0 saturated carbocycles. The topological polar surface area (TPSA) is 46.0 Å². The van der Waals surface area contributed by atoms with Crippen LogP contribution in [-0.2, 0) is 31.9 Å². The van der Waals surface area contributed by atoms with Crippen LogP contribution in [0.25, 0.3) is 43.2 Å². The summed E-state index contributed by atoms with van der Waals surface area (Å²) in [7, 11) is 0. The Bertz CT molecular complexity index is 1560. The second-order valence-electron chi connectivity index (χ2n) is 11.3. The maximum atomic E-state index is 10.4. The smallest absolute Gasteiger partial charge is 0.127 e. The zero-order valence-electron chi connectivity index (χ0n) is 22.0. The van der Waals surface area contributed by atoms with Crippen LogP contribution in [0.2, 0.25) is 0 Å². The van der Waals surface area contributed by atoms with Crippen LogP contribution < -0.4 is 0 Å². The number of rotatable bonds is 3. The van der Waals surface area contributed by atoms with E-state index in [0.717, 1.165) is 43.2 Å². The van der Waals surface area contributed by atoms with Crippen LogP contribution in [0.15, 0.2) is 72.9 Å². The first-order chi connectivity index (χ1) is 17.0. The van der Waals surface area contributed by atoms with Gasteiger partial charge in [-0.3, -0.25) is 4.98 Å². The van der Waals surface area contributed by atoms with E-state index in [9.17, 15) is 5.11 Å². The molecule has 0 atom stereocenters. The van der Waals surface area contributed by atoms with Crippen molar-refractivity contribution in [2.45, 2.75) is 52.4 Å². The number of pyridine rings is 1. The van der Waals surface area contributed by atoms with Gasteiger partial charge in [-0.2, -0.15) is 0 Å². The molecule has 37 heavy (non-hydrogen) atoms. The predicted molar refractivity (Wildman–Crippen MR) is 152 cm³/mol. The van der Waals surface area contributed by atoms with Crippen molar-refractivity contribution in [1.29, 1.82) is 0 Å². The van der Waals surface area contributed by atoms with E-state index >= 15 is 0 Å². The van der Waals surface area contributed by atoms with Gasteiger partial charge in [0.15, 0.2) is 0 Å². The molecule has 0 fully saturated rings. The van der Waals surface area contributed by atoms with Gasteiger partial charge < -0.3 is 5.11 Å². The summed E-state index contributed by atoms with van der Waals surface area (Å²) >= 11 is 1.60. The Morgan fingerprint density at radius 2 is 1.41 bits per heavy atom. The van der Waals surface area contributed by atoms with E-state index < -0.39 is 0 Å². The van der Waals surface area contributed by atoms with E-state index in [1.807, 2.05) is 36.5 Å². The summed E-state index contributed by atoms with van der Waals surface area (Å²) in [4.78, 5) is 9.73. The number of thiazole rings is 1. The van der Waals surface area contributed by atoms with Gasteiger partial charge in [-0.15, -0.1) is 40.2 Å². The first kappa shape index (κ1) is 27.2. The molecule has 0 aliphatic heterocycles. The molecular formula is C32H31N2OPtS-. The average molecular weight is 687 g/mol. The minimum atomic E-state index is -0.104. The van der Waals surface area contributed by atoms with Gasteiger partial charge in [-0.25, -0.2) is 4.98 Å². The van der Waals surface area contributed by atoms with Gasteiger partial charge in [0.1, 0.15) is 10.8 Å². The molecule has 2 heterocycles. The minimum Gasteiger partial charge on any atom is -0.507 e. The van der Waals surface area contributed by atoms with Crippen molar-refractivity contribution in [3.63, 3.8) is 0 Å². The molecule has 0 amide bonds. The number of nitrogens with zero attached hydrogens (tertiary/aromatic N) is 2. The normalized spacial score (nSPS) is 11.9. The Kier molecular flexibility index (Phi) is 7.47. The zero-order chi connectivity index (χ0) is 25.7. The number of aromatic hydroxyl groups is 1. The van der Waals surface area contributed by atoms with Gasteiger partial charge in [-0.05, 0) is 35.1 Å². The Hall–Kier alpha value is -2.81. The first-order valence-electron chi connectivity index (χ1n) is 12.2. The molecule has 3 nitrogen and oxygen atoms in total. The van der Waals surface area contributed by atoms with Gasteiger partial charge in [0.05, 0.1) is 11.1 Å². The Balaban J connectivity index is 0.00000320. The van der Waals surface area contributed by atoms with Crippen molar-refractivity contribution in [3.05, 3.63) is 90.1 Å². The molecule has 0 radical (unpaired) electrons. The molecule has 1 N–H and O–H groups in total. The van der Waals surface area contributed by atoms with Crippen LogP contribution in [0.5, 0.6) is 5.75 Å². The number of aromatic nitrogens is 2. The Labute approximate surface area is 237 Å². The van der Waals surface area contributed by atoms with Crippen LogP contribution in [0, 0.1) is 6.07 Å². The molecular weight excluding hydrogens is 656 g/mol. The average Bonchev–Trinajstić information content (AvgIpc) is 3.27. The summed E-state index contributed by atoms with van der Waals surface area (Å²) < 4.78 is 1.08. The van der Waals surface area contributed by atoms with E-state index in [0.29, 0.717) is 0 Å². The standard InChI is InChI=1S/C32H31N2OS.Pt/c1-31(2,3)24-19-25(32(4,5)6)23(26-14-9-10-17-33-26)18-22(24)20-13-11-16-28-29(20)34-30(36-28)21-12-7-8-15-27(21)35;/h7-17,19,35H,1-6H3;/q-1;. The van der Waals surface area contributed by atoms with Gasteiger partial charge in [0.25, 0.3) is 0 Å². The molecule has 3 aromatic carbocycles. The zero-order valence-corrected chi connectivity index (χ0v) is 25.1. The van der Waals surface area contributed by atoms with Crippen molar-refractivity contribution in [3.8, 4) is 38.7 Å². The SMILES string of the molecule is CC(C)(C)c1cc(C(C)(C)C)c(-c2cccc3sc(-c4ccccc4O)nc23)[c-]c1-c1ccccn1.[Pt]. The van der Waals surface area contributed by atoms with Crippen LogP contribution in [0.4, 0.5) is 0 Å². The fraction of sp³-hybridized carbons (Fsp3) is 0.250. The fourth-order valence-electron chi connectivity index (χ4n) is 4.58. The quantitative estimate of drug-likeness (QED) is 0.193. The van der Waals surface area contributed by atoms with Crippen LogP contribution in [-0.4, -0.2) is 15.1 Å². The van der Waals surface area contributed by atoms with E-state index in [4.69, 9.17) is 9.97 Å². The molecule has 0 unspecified atom stereocenters. The third-order valence-electron chi connectivity index (χ3n) is 6.44. The second kappa shape index (κ2) is 10.2. The van der Waals surface area contributed by atoms with Crippen LogP contribution in [0.3, 0.4) is 0 Å². The van der Waals surface area contributed by atoms with Crippen molar-refractivity contribution in [2.75, 3.05) is 0 Å². The fourth-order valence-corrected chi connectivity index (χ4v) is 5.60. The maximum absolute atomic E-state index is 10.4. The monoisotopic (exact) mass is 686 g/mol. The third-order valence-corrected chi connectivity index (χ3v) is 7.49. The largest absolute Gasteiger partial charge is 0.507 e. The second-order valence-corrected chi connectivity index (χ2v) is 12.3. The molecule has 0 saturated heterocycles. The summed E-state index contributed by atoms with van der Waals surface area (Å²) in [5.41, 5.74) is 8.01. The molecule has 0 bridgehead atoms. The molecule has 192 valence electrons. The maximum Gasteiger partial charge on any atom is 0.127 e. The molecule has 5 aromatic rings. The van der Waals surface area contributed by atoms with Gasteiger partial charge in [0, 0.05) is 37.7 Å². The van der Waals surface area contributed by atoms with Crippen molar-refractivity contribution < 1.29 is 26.2 Å². The Morgan fingerprint density at radius 1 is 0.757 bits per heavy atom. The summed E-state index contributed by atoms with van der Waals surface area (Å²) in [6, 6.07) is 25.9. The molecule has 0 aliphatic rings. The molecule has 0 aliphatic carbocycles. The molecule has 2 aromatic heterocycles. The van der Waals surface area contributed by atoms with Crippen LogP contribution >= 0.6 is 11.3 Å². The number of fused-ring (bicyclic) bond motifs is 1. The number of para-hydroxylation sites is 2. The number of phenolic OH excluding ortho intramolecular Hbond substituents is 1. The van der Waals surface area contributed by atoms with E-state index in [1.54, 1.807) is 17.4 Å². The van der Waals surface area contributed by atoms with Gasteiger partial charge in [0.2, 0.25) is 0 Å². The van der Waals surface area contributed by atoms with Crippen molar-refractivity contribution in [2.24, 2.45) is 0 Å². The molecule has 5 rings (SSSR count). The van der Waals surface area contributed by atoms with Crippen LogP contribution in [0.1, 0.15) is 52.7 Å². The molecule has 5 heteroatoms. The number of hydrogen-bond donors (Lipinski definition) is 1.